The Kier molecular flexibility index (Phi) is 4.56. The van der Waals surface area contributed by atoms with Crippen molar-refractivity contribution in [1.29, 1.82) is 10.5 Å². The van der Waals surface area contributed by atoms with Gasteiger partial charge in [-0.25, -0.2) is 4.98 Å². The highest BCUT2D eigenvalue weighted by molar-refractivity contribution is 6.32. The number of para-hydroxylation sites is 2. The normalized spacial score (nSPS) is 11.5. The lowest BCUT2D eigenvalue weighted by atomic mass is 10.2. The topological polar surface area (TPSA) is 106 Å². The number of ether oxygens (including phenoxy) is 1. The molecule has 0 bridgehead atoms. The van der Waals surface area contributed by atoms with Gasteiger partial charge < -0.3 is 14.8 Å². The summed E-state index contributed by atoms with van der Waals surface area (Å²) in [5.41, 5.74) is 1.83. The Morgan fingerprint density at radius 1 is 1.24 bits per heavy atom. The first-order valence-electron chi connectivity index (χ1n) is 7.22. The van der Waals surface area contributed by atoms with Crippen LogP contribution in [0.3, 0.4) is 0 Å². The van der Waals surface area contributed by atoms with Crippen molar-refractivity contribution in [3.05, 3.63) is 64.6 Å². The third kappa shape index (κ3) is 3.40. The number of rotatable bonds is 4. The van der Waals surface area contributed by atoms with Crippen molar-refractivity contribution in [2.75, 3.05) is 6.61 Å². The Labute approximate surface area is 148 Å². The van der Waals surface area contributed by atoms with E-state index < -0.39 is 0 Å². The molecule has 2 aromatic carbocycles. The molecule has 0 fully saturated rings. The number of aliphatic hydroxyl groups excluding tert-OH is 1. The summed E-state index contributed by atoms with van der Waals surface area (Å²) >= 11 is 6.02. The molecule has 0 unspecified atom stereocenters. The van der Waals surface area contributed by atoms with Gasteiger partial charge in [0.2, 0.25) is 0 Å². The number of aliphatic hydroxyl groups is 1. The van der Waals surface area contributed by atoms with Gasteiger partial charge in [0.25, 0.3) is 0 Å². The molecule has 0 aliphatic carbocycles. The first kappa shape index (κ1) is 16.4. The molecule has 6 nitrogen and oxygen atoms in total. The van der Waals surface area contributed by atoms with Crippen LogP contribution in [0.1, 0.15) is 11.4 Å². The Bertz CT molecular complexity index is 1020. The van der Waals surface area contributed by atoms with Crippen LogP contribution in [0.2, 0.25) is 5.02 Å². The zero-order valence-corrected chi connectivity index (χ0v) is 13.6. The van der Waals surface area contributed by atoms with Crippen molar-refractivity contribution in [3.63, 3.8) is 0 Å². The molecule has 0 saturated heterocycles. The predicted octanol–water partition coefficient (Wildman–Crippen LogP) is 3.96. The van der Waals surface area contributed by atoms with E-state index in [1.165, 1.54) is 12.1 Å². The van der Waals surface area contributed by atoms with Crippen LogP contribution < -0.4 is 4.74 Å². The molecule has 2 N–H and O–H groups in total. The van der Waals surface area contributed by atoms with E-state index in [1.54, 1.807) is 12.1 Å². The number of benzene rings is 2. The van der Waals surface area contributed by atoms with Crippen molar-refractivity contribution in [2.45, 2.75) is 0 Å². The average Bonchev–Trinajstić information content (AvgIpc) is 3.04. The third-order valence-corrected chi connectivity index (χ3v) is 3.75. The molecule has 25 heavy (non-hydrogen) atoms. The lowest BCUT2D eigenvalue weighted by molar-refractivity contribution is 0.272. The molecule has 0 amide bonds. The number of halogens is 1. The summed E-state index contributed by atoms with van der Waals surface area (Å²) in [6.07, 6.45) is 0. The summed E-state index contributed by atoms with van der Waals surface area (Å²) in [7, 11) is 0. The van der Waals surface area contributed by atoms with E-state index in [0.717, 1.165) is 5.52 Å². The highest BCUT2D eigenvalue weighted by atomic mass is 35.5. The number of nitriles is 2. The molecule has 3 aromatic rings. The molecule has 7 heteroatoms. The number of hydrogen-bond acceptors (Lipinski definition) is 5. The molecule has 0 atom stereocenters. The highest BCUT2D eigenvalue weighted by Gasteiger charge is 2.14. The van der Waals surface area contributed by atoms with Crippen LogP contribution in [-0.2, 0) is 0 Å². The van der Waals surface area contributed by atoms with Gasteiger partial charge in [-0.3, -0.25) is 0 Å². The summed E-state index contributed by atoms with van der Waals surface area (Å²) in [5, 5.41) is 28.6. The number of allylic oxidation sites excluding steroid dienone is 1. The molecule has 0 aliphatic heterocycles. The highest BCUT2D eigenvalue weighted by Crippen LogP contribution is 2.26. The standard InChI is InChI=1S/C18H11ClN4O2/c19-13-7-11(8-20)5-6-17(13)25-10-16(24)12(9-21)18-22-14-3-1-2-4-15(14)23-18/h1-7,24H,10H2,(H,22,23)/b16-12-. The number of nitrogens with zero attached hydrogens (tertiary/aromatic N) is 3. The van der Waals surface area contributed by atoms with Gasteiger partial charge >= 0.3 is 0 Å². The second-order valence-electron chi connectivity index (χ2n) is 5.08. The van der Waals surface area contributed by atoms with E-state index in [2.05, 4.69) is 9.97 Å². The van der Waals surface area contributed by atoms with Crippen molar-refractivity contribution < 1.29 is 9.84 Å². The maximum Gasteiger partial charge on any atom is 0.152 e. The lowest BCUT2D eigenvalue weighted by Gasteiger charge is -2.08. The van der Waals surface area contributed by atoms with E-state index in [1.807, 2.05) is 30.3 Å². The first-order valence-corrected chi connectivity index (χ1v) is 7.60. The zero-order valence-electron chi connectivity index (χ0n) is 12.8. The quantitative estimate of drug-likeness (QED) is 0.547. The van der Waals surface area contributed by atoms with Crippen LogP contribution in [0.4, 0.5) is 0 Å². The number of aromatic amines is 1. The van der Waals surface area contributed by atoms with Gasteiger partial charge in [-0.05, 0) is 30.3 Å². The molecule has 0 aliphatic rings. The van der Waals surface area contributed by atoms with E-state index >= 15 is 0 Å². The molecule has 3 rings (SSSR count). The van der Waals surface area contributed by atoms with Gasteiger partial charge in [-0.15, -0.1) is 0 Å². The summed E-state index contributed by atoms with van der Waals surface area (Å²) in [6, 6.07) is 15.7. The number of H-pyrrole nitrogens is 1. The number of aromatic nitrogens is 2. The zero-order chi connectivity index (χ0) is 17.8. The first-order chi connectivity index (χ1) is 12.1. The van der Waals surface area contributed by atoms with Crippen molar-refractivity contribution in [1.82, 2.24) is 9.97 Å². The Morgan fingerprint density at radius 3 is 2.72 bits per heavy atom. The van der Waals surface area contributed by atoms with E-state index in [0.29, 0.717) is 16.8 Å². The second kappa shape index (κ2) is 6.96. The maximum absolute atomic E-state index is 10.2. The van der Waals surface area contributed by atoms with Gasteiger partial charge in [-0.1, -0.05) is 23.7 Å². The fourth-order valence-electron chi connectivity index (χ4n) is 2.23. The van der Waals surface area contributed by atoms with E-state index in [4.69, 9.17) is 21.6 Å². The average molecular weight is 351 g/mol. The monoisotopic (exact) mass is 350 g/mol. The molecular formula is C18H11ClN4O2. The molecule has 0 saturated carbocycles. The molecule has 1 aromatic heterocycles. The maximum atomic E-state index is 10.2. The van der Waals surface area contributed by atoms with E-state index in [9.17, 15) is 10.4 Å². The largest absolute Gasteiger partial charge is 0.507 e. The van der Waals surface area contributed by atoms with Gasteiger partial charge in [0.05, 0.1) is 27.7 Å². The summed E-state index contributed by atoms with van der Waals surface area (Å²) in [5.74, 6) is 0.284. The van der Waals surface area contributed by atoms with Crippen LogP contribution in [0.25, 0.3) is 16.6 Å². The van der Waals surface area contributed by atoms with Gasteiger partial charge in [0.1, 0.15) is 24.0 Å². The van der Waals surface area contributed by atoms with Crippen molar-refractivity contribution in [2.24, 2.45) is 0 Å². The minimum atomic E-state index is -0.276. The SMILES string of the molecule is N#C/C(=C(/O)COc1ccc(C#N)cc1Cl)c1nc2ccccc2[nH]1. The third-order valence-electron chi connectivity index (χ3n) is 3.45. The molecule has 0 spiro atoms. The molecule has 122 valence electrons. The number of hydrogen-bond donors (Lipinski definition) is 2. The minimum absolute atomic E-state index is 0.0130. The number of imidazole rings is 1. The fraction of sp³-hybridized carbons (Fsp3) is 0.0556. The van der Waals surface area contributed by atoms with Crippen LogP contribution in [0, 0.1) is 22.7 Å². The number of fused-ring (bicyclic) bond motifs is 1. The molecule has 1 heterocycles. The van der Waals surface area contributed by atoms with E-state index in [-0.39, 0.29) is 28.8 Å². The fourth-order valence-corrected chi connectivity index (χ4v) is 2.47. The second-order valence-corrected chi connectivity index (χ2v) is 5.49. The predicted molar refractivity (Wildman–Crippen MR) is 92.9 cm³/mol. The van der Waals surface area contributed by atoms with Crippen LogP contribution in [0.5, 0.6) is 5.75 Å². The summed E-state index contributed by atoms with van der Waals surface area (Å²) in [4.78, 5) is 7.27. The summed E-state index contributed by atoms with van der Waals surface area (Å²) < 4.78 is 5.43. The minimum Gasteiger partial charge on any atom is -0.507 e. The Hall–Kier alpha value is -3.48. The van der Waals surface area contributed by atoms with Crippen LogP contribution in [0.15, 0.2) is 48.2 Å². The Morgan fingerprint density at radius 2 is 2.04 bits per heavy atom. The van der Waals surface area contributed by atoms with Gasteiger partial charge in [0, 0.05) is 0 Å². The van der Waals surface area contributed by atoms with Crippen LogP contribution >= 0.6 is 11.6 Å². The van der Waals surface area contributed by atoms with Crippen LogP contribution in [-0.4, -0.2) is 21.7 Å². The summed E-state index contributed by atoms with van der Waals surface area (Å²) in [6.45, 7) is -0.258. The van der Waals surface area contributed by atoms with Crippen molar-refractivity contribution in [3.8, 4) is 17.9 Å². The molecule has 0 radical (unpaired) electrons. The van der Waals surface area contributed by atoms with Gasteiger partial charge in [-0.2, -0.15) is 10.5 Å². The van der Waals surface area contributed by atoms with Gasteiger partial charge in [0.15, 0.2) is 11.6 Å². The lowest BCUT2D eigenvalue weighted by Crippen LogP contribution is -2.04. The van der Waals surface area contributed by atoms with Crippen molar-refractivity contribution >= 4 is 28.2 Å². The Balaban J connectivity index is 1.85. The smallest absolute Gasteiger partial charge is 0.152 e. The number of nitrogens with one attached hydrogen (secondary N) is 1. The molecular weight excluding hydrogens is 340 g/mol.